The van der Waals surface area contributed by atoms with E-state index in [4.69, 9.17) is 14.2 Å². The Balaban J connectivity index is 2.01. The minimum atomic E-state index is -1.12. The molecule has 130 valence electrons. The third kappa shape index (κ3) is 3.20. The van der Waals surface area contributed by atoms with Gasteiger partial charge in [0.2, 0.25) is 0 Å². The van der Waals surface area contributed by atoms with Crippen LogP contribution in [0.3, 0.4) is 0 Å². The Labute approximate surface area is 145 Å². The second kappa shape index (κ2) is 6.93. The van der Waals surface area contributed by atoms with Gasteiger partial charge in [-0.25, -0.2) is 0 Å². The van der Waals surface area contributed by atoms with Crippen molar-refractivity contribution in [3.63, 3.8) is 0 Å². The highest BCUT2D eigenvalue weighted by molar-refractivity contribution is 5.87. The minimum absolute atomic E-state index is 0.0364. The topological polar surface area (TPSA) is 74.7 Å². The van der Waals surface area contributed by atoms with Crippen molar-refractivity contribution in [2.75, 3.05) is 14.2 Å². The number of carbonyl (C=O) groups excluding carboxylic acids is 2. The number of hydrogen-bond acceptors (Lipinski definition) is 6. The van der Waals surface area contributed by atoms with Crippen molar-refractivity contribution in [2.24, 2.45) is 5.41 Å². The zero-order chi connectivity index (χ0) is 17.9. The Hall–Kier alpha value is -2.89. The van der Waals surface area contributed by atoms with Crippen molar-refractivity contribution in [1.29, 1.82) is 0 Å². The Morgan fingerprint density at radius 2 is 2.04 bits per heavy atom. The second-order valence-electron chi connectivity index (χ2n) is 6.01. The lowest BCUT2D eigenvalue weighted by Crippen LogP contribution is -2.37. The van der Waals surface area contributed by atoms with E-state index < -0.39 is 23.5 Å². The molecule has 0 amide bonds. The van der Waals surface area contributed by atoms with Crippen LogP contribution in [0.1, 0.15) is 23.7 Å². The molecule has 6 nitrogen and oxygen atoms in total. The van der Waals surface area contributed by atoms with Gasteiger partial charge < -0.3 is 14.2 Å². The Kier molecular flexibility index (Phi) is 4.70. The largest absolute Gasteiger partial charge is 0.497 e. The maximum atomic E-state index is 12.7. The average Bonchev–Trinajstić information content (AvgIpc) is 2.99. The number of nitrogens with zero attached hydrogens (tertiary/aromatic N) is 1. The fourth-order valence-electron chi connectivity index (χ4n) is 3.27. The molecule has 1 fully saturated rings. The number of methoxy groups -OCH3 is 2. The lowest BCUT2D eigenvalue weighted by Gasteiger charge is -2.30. The van der Waals surface area contributed by atoms with Crippen molar-refractivity contribution < 1.29 is 23.8 Å². The summed E-state index contributed by atoms with van der Waals surface area (Å²) in [6.45, 7) is 0. The molecule has 1 aliphatic heterocycles. The molecule has 1 aromatic carbocycles. The summed E-state index contributed by atoms with van der Waals surface area (Å²) in [6, 6.07) is 10.9. The van der Waals surface area contributed by atoms with Crippen LogP contribution in [0.15, 0.2) is 48.8 Å². The van der Waals surface area contributed by atoms with Crippen LogP contribution in [0, 0.1) is 5.41 Å². The third-order valence-electron chi connectivity index (χ3n) is 4.47. The third-order valence-corrected chi connectivity index (χ3v) is 4.47. The van der Waals surface area contributed by atoms with Gasteiger partial charge in [-0.1, -0.05) is 18.2 Å². The molecule has 2 atom stereocenters. The van der Waals surface area contributed by atoms with E-state index in [1.165, 1.54) is 7.11 Å². The highest BCUT2D eigenvalue weighted by Gasteiger charge is 2.56. The summed E-state index contributed by atoms with van der Waals surface area (Å²) < 4.78 is 15.7. The number of benzene rings is 1. The lowest BCUT2D eigenvalue weighted by molar-refractivity contribution is -0.157. The van der Waals surface area contributed by atoms with Crippen molar-refractivity contribution in [3.05, 3.63) is 59.9 Å². The van der Waals surface area contributed by atoms with Gasteiger partial charge in [-0.15, -0.1) is 0 Å². The van der Waals surface area contributed by atoms with Crippen LogP contribution in [0.2, 0.25) is 0 Å². The van der Waals surface area contributed by atoms with E-state index >= 15 is 0 Å². The molecule has 0 bridgehead atoms. The molecule has 0 radical (unpaired) electrons. The van der Waals surface area contributed by atoms with E-state index in [1.54, 1.807) is 31.6 Å². The maximum Gasteiger partial charge on any atom is 0.316 e. The van der Waals surface area contributed by atoms with Crippen LogP contribution in [-0.4, -0.2) is 31.1 Å². The van der Waals surface area contributed by atoms with Gasteiger partial charge in [-0.2, -0.15) is 0 Å². The number of carbonyl (C=O) groups is 2. The molecule has 2 aromatic rings. The van der Waals surface area contributed by atoms with E-state index in [0.717, 1.165) is 11.3 Å². The summed E-state index contributed by atoms with van der Waals surface area (Å²) in [5.74, 6) is -0.172. The van der Waals surface area contributed by atoms with Crippen LogP contribution in [0.4, 0.5) is 0 Å². The lowest BCUT2D eigenvalue weighted by atomic mass is 9.73. The quantitative estimate of drug-likeness (QED) is 0.778. The van der Waals surface area contributed by atoms with Gasteiger partial charge in [0.15, 0.2) is 0 Å². The summed E-state index contributed by atoms with van der Waals surface area (Å²) >= 11 is 0. The predicted molar refractivity (Wildman–Crippen MR) is 88.8 cm³/mol. The minimum Gasteiger partial charge on any atom is -0.497 e. The number of cyclic esters (lactones) is 1. The fourth-order valence-corrected chi connectivity index (χ4v) is 3.27. The summed E-state index contributed by atoms with van der Waals surface area (Å²) in [5, 5.41) is 0. The summed E-state index contributed by atoms with van der Waals surface area (Å²) in [6.07, 6.45) is 2.78. The van der Waals surface area contributed by atoms with Gasteiger partial charge in [0.25, 0.3) is 0 Å². The first-order valence-electron chi connectivity index (χ1n) is 7.90. The molecule has 0 aliphatic carbocycles. The van der Waals surface area contributed by atoms with Gasteiger partial charge in [0, 0.05) is 18.0 Å². The number of hydrogen-bond donors (Lipinski definition) is 0. The Morgan fingerprint density at radius 1 is 1.28 bits per heavy atom. The van der Waals surface area contributed by atoms with E-state index in [1.807, 2.05) is 24.3 Å². The monoisotopic (exact) mass is 341 g/mol. The van der Waals surface area contributed by atoms with Crippen LogP contribution >= 0.6 is 0 Å². The zero-order valence-electron chi connectivity index (χ0n) is 14.1. The molecule has 1 aliphatic rings. The Bertz CT molecular complexity index is 759. The molecule has 3 rings (SSSR count). The molecule has 1 saturated heterocycles. The molecule has 2 unspecified atom stereocenters. The SMILES string of the molecule is COC(=O)C1(Cc2ccc(OC)cc2)CC(=O)OC1c1cccnc1. The fraction of sp³-hybridized carbons (Fsp3) is 0.316. The average molecular weight is 341 g/mol. The first-order valence-corrected chi connectivity index (χ1v) is 7.90. The van der Waals surface area contributed by atoms with Crippen LogP contribution in [0.5, 0.6) is 5.75 Å². The van der Waals surface area contributed by atoms with Gasteiger partial charge in [-0.3, -0.25) is 14.6 Å². The number of esters is 2. The van der Waals surface area contributed by atoms with Crippen LogP contribution in [0.25, 0.3) is 0 Å². The van der Waals surface area contributed by atoms with Crippen molar-refractivity contribution in [3.8, 4) is 5.75 Å². The van der Waals surface area contributed by atoms with E-state index in [-0.39, 0.29) is 6.42 Å². The summed E-state index contributed by atoms with van der Waals surface area (Å²) in [5.41, 5.74) is 0.439. The highest BCUT2D eigenvalue weighted by Crippen LogP contribution is 2.49. The van der Waals surface area contributed by atoms with Gasteiger partial charge >= 0.3 is 11.9 Å². The molecule has 6 heteroatoms. The van der Waals surface area contributed by atoms with E-state index in [2.05, 4.69) is 4.98 Å². The first kappa shape index (κ1) is 17.0. The number of ether oxygens (including phenoxy) is 3. The van der Waals surface area contributed by atoms with Crippen LogP contribution in [-0.2, 0) is 25.5 Å². The Morgan fingerprint density at radius 3 is 2.64 bits per heavy atom. The van der Waals surface area contributed by atoms with Gasteiger partial charge in [0.1, 0.15) is 17.3 Å². The number of aromatic nitrogens is 1. The molecular formula is C19H19NO5. The first-order chi connectivity index (χ1) is 12.1. The van der Waals surface area contributed by atoms with Gasteiger partial charge in [0.05, 0.1) is 20.6 Å². The second-order valence-corrected chi connectivity index (χ2v) is 6.01. The maximum absolute atomic E-state index is 12.7. The summed E-state index contributed by atoms with van der Waals surface area (Å²) in [4.78, 5) is 28.9. The van der Waals surface area contributed by atoms with E-state index in [9.17, 15) is 9.59 Å². The van der Waals surface area contributed by atoms with Crippen molar-refractivity contribution >= 4 is 11.9 Å². The molecule has 0 spiro atoms. The van der Waals surface area contributed by atoms with Crippen molar-refractivity contribution in [1.82, 2.24) is 4.98 Å². The molecule has 0 saturated carbocycles. The number of rotatable bonds is 5. The summed E-state index contributed by atoms with van der Waals surface area (Å²) in [7, 11) is 2.91. The number of pyridine rings is 1. The molecule has 1 aromatic heterocycles. The highest BCUT2D eigenvalue weighted by atomic mass is 16.6. The van der Waals surface area contributed by atoms with Crippen LogP contribution < -0.4 is 4.74 Å². The van der Waals surface area contributed by atoms with E-state index in [0.29, 0.717) is 12.0 Å². The normalized spacial score (nSPS) is 22.3. The standard InChI is InChI=1S/C19H19NO5/c1-23-15-7-5-13(6-8-15)10-19(18(22)24-2)11-16(21)25-17(19)14-4-3-9-20-12-14/h3-9,12,17H,10-11H2,1-2H3. The molecular weight excluding hydrogens is 322 g/mol. The van der Waals surface area contributed by atoms with Crippen molar-refractivity contribution in [2.45, 2.75) is 18.9 Å². The molecule has 2 heterocycles. The molecule has 0 N–H and O–H groups in total. The predicted octanol–water partition coefficient (Wildman–Crippen LogP) is 2.48. The molecule has 25 heavy (non-hydrogen) atoms. The van der Waals surface area contributed by atoms with Gasteiger partial charge in [-0.05, 0) is 30.2 Å². The zero-order valence-corrected chi connectivity index (χ0v) is 14.1. The smallest absolute Gasteiger partial charge is 0.316 e.